The number of hydrogen-bond donors (Lipinski definition) is 1. The Bertz CT molecular complexity index is 398. The van der Waals surface area contributed by atoms with Crippen molar-refractivity contribution in [2.75, 3.05) is 0 Å². The highest BCUT2D eigenvalue weighted by Crippen LogP contribution is 2.29. The standard InChI is InChI=1S/C21H37N/c1-8-9-10-20(12-11-19(7)22)13-14-21(17(4)5)15-18(6)16(2)3/h10-12,16,18,21-22H,4,8-9,13-15H2,1-3,5-7H3/b12-11+,20-10+,22-19?/t18?,21-/m0/s1. The van der Waals surface area contributed by atoms with E-state index in [9.17, 15) is 0 Å². The van der Waals surface area contributed by atoms with E-state index in [1.807, 2.05) is 13.0 Å². The minimum atomic E-state index is 0.608. The summed E-state index contributed by atoms with van der Waals surface area (Å²) in [4.78, 5) is 0. The summed E-state index contributed by atoms with van der Waals surface area (Å²) in [5.41, 5.74) is 3.30. The van der Waals surface area contributed by atoms with Crippen LogP contribution in [0.3, 0.4) is 0 Å². The van der Waals surface area contributed by atoms with Gasteiger partial charge in [0.25, 0.3) is 0 Å². The van der Waals surface area contributed by atoms with Crippen LogP contribution >= 0.6 is 0 Å². The van der Waals surface area contributed by atoms with Gasteiger partial charge in [-0.2, -0.15) is 0 Å². The Labute approximate surface area is 139 Å². The van der Waals surface area contributed by atoms with Gasteiger partial charge in [0.2, 0.25) is 0 Å². The predicted octanol–water partition coefficient (Wildman–Crippen LogP) is 6.96. The van der Waals surface area contributed by atoms with E-state index in [0.29, 0.717) is 11.6 Å². The van der Waals surface area contributed by atoms with Crippen LogP contribution in [-0.2, 0) is 0 Å². The van der Waals surface area contributed by atoms with Gasteiger partial charge in [-0.25, -0.2) is 0 Å². The smallest absolute Gasteiger partial charge is 0.0283 e. The van der Waals surface area contributed by atoms with Crippen molar-refractivity contribution < 1.29 is 0 Å². The van der Waals surface area contributed by atoms with Crippen molar-refractivity contribution in [2.24, 2.45) is 17.8 Å². The van der Waals surface area contributed by atoms with Crippen LogP contribution in [0.2, 0.25) is 0 Å². The molecule has 1 unspecified atom stereocenters. The Hall–Kier alpha value is -1.11. The molecular weight excluding hydrogens is 266 g/mol. The van der Waals surface area contributed by atoms with Crippen LogP contribution in [0.5, 0.6) is 0 Å². The van der Waals surface area contributed by atoms with E-state index in [2.05, 4.69) is 53.3 Å². The lowest BCUT2D eigenvalue weighted by Gasteiger charge is -2.24. The molecule has 2 atom stereocenters. The quantitative estimate of drug-likeness (QED) is 0.242. The van der Waals surface area contributed by atoms with Crippen molar-refractivity contribution in [2.45, 2.75) is 73.6 Å². The topological polar surface area (TPSA) is 23.9 Å². The monoisotopic (exact) mass is 303 g/mol. The van der Waals surface area contributed by atoms with Crippen LogP contribution in [-0.4, -0.2) is 5.71 Å². The highest BCUT2D eigenvalue weighted by Gasteiger charge is 2.16. The van der Waals surface area contributed by atoms with Crippen LogP contribution in [0.4, 0.5) is 0 Å². The van der Waals surface area contributed by atoms with Gasteiger partial charge in [-0.15, -0.1) is 0 Å². The molecule has 0 aromatic carbocycles. The first-order valence-corrected chi connectivity index (χ1v) is 8.85. The second kappa shape index (κ2) is 11.5. The molecule has 0 aliphatic carbocycles. The molecule has 0 aliphatic heterocycles. The second-order valence-electron chi connectivity index (χ2n) is 7.12. The normalized spacial score (nSPS) is 15.3. The fourth-order valence-electron chi connectivity index (χ4n) is 2.44. The number of allylic oxidation sites excluding steroid dienone is 5. The molecule has 1 heteroatoms. The fourth-order valence-corrected chi connectivity index (χ4v) is 2.44. The summed E-state index contributed by atoms with van der Waals surface area (Å²) in [5.74, 6) is 2.08. The number of nitrogens with one attached hydrogen (secondary N) is 1. The molecule has 0 aromatic heterocycles. The Morgan fingerprint density at radius 3 is 2.23 bits per heavy atom. The van der Waals surface area contributed by atoms with Gasteiger partial charge in [0, 0.05) is 5.71 Å². The van der Waals surface area contributed by atoms with Crippen LogP contribution in [0.15, 0.2) is 36.0 Å². The summed E-state index contributed by atoms with van der Waals surface area (Å²) < 4.78 is 0. The molecule has 0 saturated heterocycles. The van der Waals surface area contributed by atoms with Gasteiger partial charge in [0.1, 0.15) is 0 Å². The molecule has 126 valence electrons. The first-order chi connectivity index (χ1) is 10.3. The van der Waals surface area contributed by atoms with Gasteiger partial charge in [0.15, 0.2) is 0 Å². The average Bonchev–Trinajstić information content (AvgIpc) is 2.43. The van der Waals surface area contributed by atoms with Crippen molar-refractivity contribution in [1.29, 1.82) is 5.41 Å². The van der Waals surface area contributed by atoms with Crippen molar-refractivity contribution in [3.8, 4) is 0 Å². The zero-order chi connectivity index (χ0) is 17.1. The van der Waals surface area contributed by atoms with E-state index in [1.54, 1.807) is 0 Å². The summed E-state index contributed by atoms with van der Waals surface area (Å²) in [6.07, 6.45) is 12.2. The van der Waals surface area contributed by atoms with Gasteiger partial charge in [-0.1, -0.05) is 64.0 Å². The molecule has 0 radical (unpaired) electrons. The highest BCUT2D eigenvalue weighted by atomic mass is 14.4. The molecule has 22 heavy (non-hydrogen) atoms. The van der Waals surface area contributed by atoms with Crippen LogP contribution in [0.1, 0.15) is 73.6 Å². The maximum absolute atomic E-state index is 7.56. The van der Waals surface area contributed by atoms with Crippen molar-refractivity contribution in [3.05, 3.63) is 36.0 Å². The maximum Gasteiger partial charge on any atom is 0.0283 e. The van der Waals surface area contributed by atoms with Crippen molar-refractivity contribution in [1.82, 2.24) is 0 Å². The Balaban J connectivity index is 4.75. The molecule has 1 nitrogen and oxygen atoms in total. The number of rotatable bonds is 11. The molecule has 0 aromatic rings. The SMILES string of the molecule is C=C(C)[C@@H](CCC(=C/CCC)/C=C/C(C)=N)CC(C)C(C)C. The van der Waals surface area contributed by atoms with Gasteiger partial charge in [-0.3, -0.25) is 0 Å². The second-order valence-corrected chi connectivity index (χ2v) is 7.12. The summed E-state index contributed by atoms with van der Waals surface area (Å²) in [5, 5.41) is 7.56. The third-order valence-corrected chi connectivity index (χ3v) is 4.52. The zero-order valence-corrected chi connectivity index (χ0v) is 15.7. The summed E-state index contributed by atoms with van der Waals surface area (Å²) in [6.45, 7) is 17.4. The predicted molar refractivity (Wildman–Crippen MR) is 102 cm³/mol. The minimum absolute atomic E-state index is 0.608. The van der Waals surface area contributed by atoms with Crippen LogP contribution in [0.25, 0.3) is 0 Å². The van der Waals surface area contributed by atoms with E-state index < -0.39 is 0 Å². The lowest BCUT2D eigenvalue weighted by molar-refractivity contribution is 0.332. The summed E-state index contributed by atoms with van der Waals surface area (Å²) >= 11 is 0. The van der Waals surface area contributed by atoms with Gasteiger partial charge >= 0.3 is 0 Å². The van der Waals surface area contributed by atoms with E-state index in [0.717, 1.165) is 24.7 Å². The first kappa shape index (κ1) is 20.9. The van der Waals surface area contributed by atoms with Gasteiger partial charge in [0.05, 0.1) is 0 Å². The van der Waals surface area contributed by atoms with E-state index in [-0.39, 0.29) is 0 Å². The van der Waals surface area contributed by atoms with E-state index in [4.69, 9.17) is 5.41 Å². The Kier molecular flexibility index (Phi) is 10.9. The molecule has 0 aliphatic rings. The molecule has 0 heterocycles. The first-order valence-electron chi connectivity index (χ1n) is 8.85. The van der Waals surface area contributed by atoms with Crippen molar-refractivity contribution in [3.63, 3.8) is 0 Å². The van der Waals surface area contributed by atoms with E-state index >= 15 is 0 Å². The fraction of sp³-hybridized carbons (Fsp3) is 0.667. The lowest BCUT2D eigenvalue weighted by atomic mass is 9.82. The molecule has 0 amide bonds. The van der Waals surface area contributed by atoms with Gasteiger partial charge in [-0.05, 0) is 63.4 Å². The van der Waals surface area contributed by atoms with E-state index in [1.165, 1.54) is 30.4 Å². The third-order valence-electron chi connectivity index (χ3n) is 4.52. The molecule has 0 bridgehead atoms. The number of hydrogen-bond acceptors (Lipinski definition) is 1. The minimum Gasteiger partial charge on any atom is -0.306 e. The Morgan fingerprint density at radius 1 is 1.14 bits per heavy atom. The van der Waals surface area contributed by atoms with Gasteiger partial charge < -0.3 is 5.41 Å². The largest absolute Gasteiger partial charge is 0.306 e. The molecule has 0 fully saturated rings. The molecule has 0 spiro atoms. The number of unbranched alkanes of at least 4 members (excludes halogenated alkanes) is 1. The zero-order valence-electron chi connectivity index (χ0n) is 15.7. The Morgan fingerprint density at radius 2 is 1.77 bits per heavy atom. The third kappa shape index (κ3) is 9.76. The van der Waals surface area contributed by atoms with Crippen LogP contribution in [0, 0.1) is 23.2 Å². The average molecular weight is 304 g/mol. The van der Waals surface area contributed by atoms with Crippen LogP contribution < -0.4 is 0 Å². The van der Waals surface area contributed by atoms with Crippen molar-refractivity contribution >= 4 is 5.71 Å². The summed E-state index contributed by atoms with van der Waals surface area (Å²) in [6, 6.07) is 0. The molecule has 0 saturated carbocycles. The summed E-state index contributed by atoms with van der Waals surface area (Å²) in [7, 11) is 0. The molecular formula is C21H37N. The maximum atomic E-state index is 7.56. The molecule has 0 rings (SSSR count). The highest BCUT2D eigenvalue weighted by molar-refractivity contribution is 5.90. The lowest BCUT2D eigenvalue weighted by Crippen LogP contribution is -2.12. The molecule has 1 N–H and O–H groups in total.